The van der Waals surface area contributed by atoms with Gasteiger partial charge < -0.3 is 0 Å². The summed E-state index contributed by atoms with van der Waals surface area (Å²) in [5.74, 6) is -0.337. The van der Waals surface area contributed by atoms with Gasteiger partial charge in [0.25, 0.3) is 0 Å². The van der Waals surface area contributed by atoms with Crippen molar-refractivity contribution in [3.63, 3.8) is 0 Å². The van der Waals surface area contributed by atoms with Crippen molar-refractivity contribution in [2.45, 2.75) is 6.92 Å². The first kappa shape index (κ1) is 8.67. The first-order valence-corrected chi connectivity index (χ1v) is 5.58. The van der Waals surface area contributed by atoms with E-state index in [1.165, 1.54) is 12.1 Å². The third kappa shape index (κ3) is 1.58. The molecule has 13 heavy (non-hydrogen) atoms. The van der Waals surface area contributed by atoms with Gasteiger partial charge in [-0.15, -0.1) is 0 Å². The van der Waals surface area contributed by atoms with E-state index >= 15 is 0 Å². The zero-order valence-corrected chi connectivity index (χ0v) is 8.72. The Morgan fingerprint density at radius 1 is 1.31 bits per heavy atom. The third-order valence-electron chi connectivity index (χ3n) is 1.81. The molecular weight excluding hydrogens is 234 g/mol. The molecule has 1 aromatic heterocycles. The van der Waals surface area contributed by atoms with Crippen LogP contribution in [0.1, 0.15) is 4.44 Å². The topological polar surface area (TPSA) is 17.1 Å². The first-order chi connectivity index (χ1) is 6.16. The van der Waals surface area contributed by atoms with Crippen molar-refractivity contribution < 1.29 is 4.39 Å². The molecule has 0 bridgehead atoms. The van der Waals surface area contributed by atoms with Crippen LogP contribution in [-0.4, -0.2) is 14.5 Å². The van der Waals surface area contributed by atoms with Crippen molar-refractivity contribution in [3.05, 3.63) is 44.7 Å². The van der Waals surface area contributed by atoms with Crippen LogP contribution >= 0.6 is 0 Å². The van der Waals surface area contributed by atoms with Crippen LogP contribution in [0.2, 0.25) is 0 Å². The number of hydrogen-bond donors (Lipinski definition) is 0. The monoisotopic (exact) mass is 242 g/mol. The van der Waals surface area contributed by atoms with Crippen LogP contribution < -0.4 is 5.43 Å². The summed E-state index contributed by atoms with van der Waals surface area (Å²) in [6, 6.07) is 6.04. The van der Waals surface area contributed by atoms with E-state index in [0.717, 1.165) is 8.70 Å². The van der Waals surface area contributed by atoms with Crippen LogP contribution in [0.25, 0.3) is 9.65 Å². The van der Waals surface area contributed by atoms with Gasteiger partial charge in [-0.25, -0.2) is 0 Å². The van der Waals surface area contributed by atoms with Crippen molar-refractivity contribution >= 4 is 24.1 Å². The van der Waals surface area contributed by atoms with E-state index in [1.54, 1.807) is 12.1 Å². The predicted molar refractivity (Wildman–Crippen MR) is 51.9 cm³/mol. The van der Waals surface area contributed by atoms with E-state index in [4.69, 9.17) is 0 Å². The van der Waals surface area contributed by atoms with Crippen LogP contribution in [0.4, 0.5) is 4.39 Å². The Labute approximate surface area is 80.6 Å². The zero-order valence-electron chi connectivity index (χ0n) is 7.00. The average molecular weight is 241 g/mol. The fourth-order valence-electron chi connectivity index (χ4n) is 1.25. The number of benzene rings is 1. The fraction of sp³-hybridized carbons (Fsp3) is 0.100. The molecule has 0 aliphatic carbocycles. The summed E-state index contributed by atoms with van der Waals surface area (Å²) in [6.07, 6.45) is 0. The average Bonchev–Trinajstić information content (AvgIpc) is 2.06. The number of aryl methyl sites for hydroxylation is 1. The number of fused-ring (bicyclic) bond motifs is 1. The molecule has 1 nitrogen and oxygen atoms in total. The van der Waals surface area contributed by atoms with Gasteiger partial charge in [-0.1, -0.05) is 0 Å². The van der Waals surface area contributed by atoms with Crippen molar-refractivity contribution in [3.8, 4) is 0 Å². The zero-order chi connectivity index (χ0) is 9.42. The van der Waals surface area contributed by atoms with Gasteiger partial charge in [0.2, 0.25) is 0 Å². The Kier molecular flexibility index (Phi) is 2.06. The molecule has 3 heteroatoms. The molecule has 66 valence electrons. The Hall–Kier alpha value is -0.921. The minimum absolute atomic E-state index is 0.0693. The summed E-state index contributed by atoms with van der Waals surface area (Å²) >= 11 is 0.191. The summed E-state index contributed by atoms with van der Waals surface area (Å²) in [6.45, 7) is 1.93. The number of hydrogen-bond acceptors (Lipinski definition) is 1. The summed E-state index contributed by atoms with van der Waals surface area (Å²) in [7, 11) is 0. The molecule has 0 amide bonds. The van der Waals surface area contributed by atoms with Gasteiger partial charge in [0.05, 0.1) is 0 Å². The molecule has 0 saturated heterocycles. The van der Waals surface area contributed by atoms with E-state index in [1.807, 2.05) is 6.92 Å². The van der Waals surface area contributed by atoms with Gasteiger partial charge in [-0.3, -0.25) is 0 Å². The normalized spacial score (nSPS) is 10.6. The van der Waals surface area contributed by atoms with Gasteiger partial charge >= 0.3 is 80.2 Å². The van der Waals surface area contributed by atoms with Gasteiger partial charge in [0, 0.05) is 0 Å². The summed E-state index contributed by atoms with van der Waals surface area (Å²) < 4.78 is 14.9. The van der Waals surface area contributed by atoms with Crippen molar-refractivity contribution in [2.24, 2.45) is 0 Å². The molecule has 1 heterocycles. The second-order valence-electron chi connectivity index (χ2n) is 2.86. The molecule has 0 radical (unpaired) electrons. The van der Waals surface area contributed by atoms with Crippen LogP contribution in [-0.2, 0) is 0 Å². The Morgan fingerprint density at radius 3 is 2.85 bits per heavy atom. The maximum atomic E-state index is 12.8. The van der Waals surface area contributed by atoms with E-state index in [2.05, 4.69) is 0 Å². The second kappa shape index (κ2) is 3.09. The van der Waals surface area contributed by atoms with E-state index in [0.29, 0.717) is 5.39 Å². The predicted octanol–water partition coefficient (Wildman–Crippen LogP) is 1.70. The summed E-state index contributed by atoms with van der Waals surface area (Å²) in [4.78, 5) is 11.4. The van der Waals surface area contributed by atoms with Crippen LogP contribution in [0.5, 0.6) is 0 Å². The molecular formula is C10H7FOSe. The SMILES string of the molecule is Cc1cc(=O)c2cc(F)ccc2[se]1. The molecule has 0 spiro atoms. The van der Waals surface area contributed by atoms with Crippen LogP contribution in [0.15, 0.2) is 29.1 Å². The standard InChI is InChI=1S/C10H7FOSe/c1-6-4-9(12)8-5-7(11)2-3-10(8)13-6/h2-5H,1H3. The quantitative estimate of drug-likeness (QED) is 0.641. The Bertz CT molecular complexity index is 516. The molecule has 0 N–H and O–H groups in total. The van der Waals surface area contributed by atoms with Crippen molar-refractivity contribution in [1.82, 2.24) is 0 Å². The minimum atomic E-state index is -0.337. The Balaban J connectivity index is 2.95. The number of rotatable bonds is 0. The summed E-state index contributed by atoms with van der Waals surface area (Å²) in [5.41, 5.74) is -0.0693. The van der Waals surface area contributed by atoms with Crippen LogP contribution in [0, 0.1) is 12.7 Å². The molecule has 0 saturated carbocycles. The van der Waals surface area contributed by atoms with Gasteiger partial charge in [0.15, 0.2) is 0 Å². The fourth-order valence-corrected chi connectivity index (χ4v) is 3.18. The second-order valence-corrected chi connectivity index (χ2v) is 5.56. The maximum absolute atomic E-state index is 12.8. The third-order valence-corrected chi connectivity index (χ3v) is 3.94. The molecule has 0 unspecified atom stereocenters. The van der Waals surface area contributed by atoms with Gasteiger partial charge in [-0.2, -0.15) is 0 Å². The van der Waals surface area contributed by atoms with Gasteiger partial charge in [0.1, 0.15) is 0 Å². The molecule has 2 aromatic rings. The first-order valence-electron chi connectivity index (χ1n) is 3.87. The van der Waals surface area contributed by atoms with Crippen LogP contribution in [0.3, 0.4) is 0 Å². The molecule has 0 aliphatic rings. The summed E-state index contributed by atoms with van der Waals surface area (Å²) in [5, 5.41) is 0.533. The van der Waals surface area contributed by atoms with Crippen molar-refractivity contribution in [2.75, 3.05) is 0 Å². The van der Waals surface area contributed by atoms with Gasteiger partial charge in [-0.05, 0) is 0 Å². The molecule has 0 atom stereocenters. The van der Waals surface area contributed by atoms with Crippen molar-refractivity contribution in [1.29, 1.82) is 0 Å². The Morgan fingerprint density at radius 2 is 2.08 bits per heavy atom. The van der Waals surface area contributed by atoms with E-state index < -0.39 is 0 Å². The molecule has 0 aliphatic heterocycles. The molecule has 0 fully saturated rings. The molecule has 1 aromatic carbocycles. The van der Waals surface area contributed by atoms with E-state index in [9.17, 15) is 9.18 Å². The van der Waals surface area contributed by atoms with E-state index in [-0.39, 0.29) is 25.7 Å². The molecule has 2 rings (SSSR count). The number of halogens is 1.